The van der Waals surface area contributed by atoms with Gasteiger partial charge in [-0.3, -0.25) is 0 Å². The number of hydrogen-bond donors (Lipinski definition) is 0. The Morgan fingerprint density at radius 2 is 1.44 bits per heavy atom. The molecule has 0 aromatic heterocycles. The molecule has 2 aliphatic heterocycles. The lowest BCUT2D eigenvalue weighted by Crippen LogP contribution is -2.07. The SMILES string of the molecule is C1CCC2OOC(C1)O2. The summed E-state index contributed by atoms with van der Waals surface area (Å²) in [5, 5.41) is 0. The molecule has 0 amide bonds. The first-order valence-electron chi connectivity index (χ1n) is 3.43. The fraction of sp³-hybridized carbons (Fsp3) is 1.00. The molecule has 2 bridgehead atoms. The minimum absolute atomic E-state index is 0.0718. The predicted octanol–water partition coefficient (Wildman–Crippen LogP) is 1.19. The maximum atomic E-state index is 5.28. The molecule has 2 saturated heterocycles. The molecule has 2 fully saturated rings. The number of rotatable bonds is 0. The van der Waals surface area contributed by atoms with E-state index in [0.717, 1.165) is 12.8 Å². The highest BCUT2D eigenvalue weighted by Gasteiger charge is 2.29. The van der Waals surface area contributed by atoms with E-state index in [2.05, 4.69) is 0 Å². The van der Waals surface area contributed by atoms with Crippen LogP contribution in [0.5, 0.6) is 0 Å². The van der Waals surface area contributed by atoms with E-state index in [1.165, 1.54) is 12.8 Å². The third kappa shape index (κ3) is 1.08. The Morgan fingerprint density at radius 1 is 0.889 bits per heavy atom. The Bertz CT molecular complexity index is 92.5. The molecule has 0 radical (unpaired) electrons. The van der Waals surface area contributed by atoms with Crippen molar-refractivity contribution >= 4 is 0 Å². The Hall–Kier alpha value is -0.120. The van der Waals surface area contributed by atoms with Gasteiger partial charge in [-0.2, -0.15) is 0 Å². The lowest BCUT2D eigenvalue weighted by Gasteiger charge is -2.02. The summed E-state index contributed by atoms with van der Waals surface area (Å²) in [6.45, 7) is 0. The molecule has 0 saturated carbocycles. The van der Waals surface area contributed by atoms with Crippen molar-refractivity contribution in [1.29, 1.82) is 0 Å². The van der Waals surface area contributed by atoms with Crippen molar-refractivity contribution in [1.82, 2.24) is 0 Å². The fourth-order valence-electron chi connectivity index (χ4n) is 1.19. The zero-order chi connectivity index (χ0) is 6.10. The zero-order valence-corrected chi connectivity index (χ0v) is 5.21. The summed E-state index contributed by atoms with van der Waals surface area (Å²) in [6.07, 6.45) is 4.22. The number of hydrogen-bond acceptors (Lipinski definition) is 3. The third-order valence-electron chi connectivity index (χ3n) is 1.70. The highest BCUT2D eigenvalue weighted by molar-refractivity contribution is 4.58. The Kier molecular flexibility index (Phi) is 1.41. The van der Waals surface area contributed by atoms with Gasteiger partial charge in [0.05, 0.1) is 0 Å². The largest absolute Gasteiger partial charge is 0.318 e. The van der Waals surface area contributed by atoms with E-state index >= 15 is 0 Å². The number of fused-ring (bicyclic) bond motifs is 2. The number of ether oxygens (including phenoxy) is 1. The molecule has 0 spiro atoms. The maximum absolute atomic E-state index is 5.28. The molecular weight excluding hydrogens is 120 g/mol. The first-order chi connectivity index (χ1) is 4.45. The molecule has 3 heteroatoms. The summed E-state index contributed by atoms with van der Waals surface area (Å²) in [4.78, 5) is 9.67. The summed E-state index contributed by atoms with van der Waals surface area (Å²) in [5.74, 6) is 0. The molecule has 0 aliphatic carbocycles. The molecule has 3 nitrogen and oxygen atoms in total. The normalized spacial score (nSPS) is 42.7. The van der Waals surface area contributed by atoms with Crippen molar-refractivity contribution in [2.45, 2.75) is 38.3 Å². The van der Waals surface area contributed by atoms with Gasteiger partial charge in [-0.1, -0.05) is 0 Å². The first-order valence-corrected chi connectivity index (χ1v) is 3.43. The molecule has 0 aromatic rings. The van der Waals surface area contributed by atoms with Crippen molar-refractivity contribution in [3.8, 4) is 0 Å². The second-order valence-corrected chi connectivity index (χ2v) is 2.47. The molecule has 2 atom stereocenters. The average Bonchev–Trinajstić information content (AvgIpc) is 2.09. The topological polar surface area (TPSA) is 27.7 Å². The van der Waals surface area contributed by atoms with Gasteiger partial charge in [-0.15, -0.1) is 0 Å². The van der Waals surface area contributed by atoms with Crippen LogP contribution in [0.15, 0.2) is 0 Å². The molecule has 2 unspecified atom stereocenters. The highest BCUT2D eigenvalue weighted by atomic mass is 17.3. The van der Waals surface area contributed by atoms with E-state index in [9.17, 15) is 0 Å². The third-order valence-corrected chi connectivity index (χ3v) is 1.70. The van der Waals surface area contributed by atoms with Crippen molar-refractivity contribution in [3.63, 3.8) is 0 Å². The van der Waals surface area contributed by atoms with Gasteiger partial charge in [0.15, 0.2) is 12.6 Å². The maximum Gasteiger partial charge on any atom is 0.194 e. The summed E-state index contributed by atoms with van der Waals surface area (Å²) in [5.41, 5.74) is 0. The van der Waals surface area contributed by atoms with Crippen molar-refractivity contribution in [3.05, 3.63) is 0 Å². The van der Waals surface area contributed by atoms with Gasteiger partial charge in [-0.25, -0.2) is 9.78 Å². The minimum atomic E-state index is -0.0718. The van der Waals surface area contributed by atoms with E-state index in [1.807, 2.05) is 0 Å². The molecular formula is C6H10O3. The molecule has 0 aromatic carbocycles. The van der Waals surface area contributed by atoms with Gasteiger partial charge in [0, 0.05) is 12.8 Å². The standard InChI is InChI=1S/C6H10O3/c1-2-4-6-7-5(3-1)8-9-6/h5-6H,1-4H2. The van der Waals surface area contributed by atoms with Crippen LogP contribution in [0, 0.1) is 0 Å². The lowest BCUT2D eigenvalue weighted by molar-refractivity contribution is -0.301. The molecule has 9 heavy (non-hydrogen) atoms. The van der Waals surface area contributed by atoms with E-state index in [-0.39, 0.29) is 12.6 Å². The molecule has 2 heterocycles. The zero-order valence-electron chi connectivity index (χ0n) is 5.21. The van der Waals surface area contributed by atoms with E-state index in [4.69, 9.17) is 14.5 Å². The van der Waals surface area contributed by atoms with Crippen LogP contribution in [0.25, 0.3) is 0 Å². The summed E-state index contributed by atoms with van der Waals surface area (Å²) >= 11 is 0. The first kappa shape index (κ1) is 5.65. The van der Waals surface area contributed by atoms with Crippen molar-refractivity contribution < 1.29 is 14.5 Å². The molecule has 0 N–H and O–H groups in total. The summed E-state index contributed by atoms with van der Waals surface area (Å²) in [7, 11) is 0. The van der Waals surface area contributed by atoms with Crippen LogP contribution in [0.3, 0.4) is 0 Å². The quantitative estimate of drug-likeness (QED) is 0.461. The molecule has 2 rings (SSSR count). The van der Waals surface area contributed by atoms with Crippen molar-refractivity contribution in [2.24, 2.45) is 0 Å². The van der Waals surface area contributed by atoms with Gasteiger partial charge in [0.2, 0.25) is 0 Å². The van der Waals surface area contributed by atoms with Gasteiger partial charge in [-0.05, 0) is 12.8 Å². The Labute approximate surface area is 53.8 Å². The van der Waals surface area contributed by atoms with Gasteiger partial charge in [0.25, 0.3) is 0 Å². The minimum Gasteiger partial charge on any atom is -0.318 e. The van der Waals surface area contributed by atoms with E-state index in [1.54, 1.807) is 0 Å². The Balaban J connectivity index is 1.99. The average molecular weight is 130 g/mol. The monoisotopic (exact) mass is 130 g/mol. The smallest absolute Gasteiger partial charge is 0.194 e. The van der Waals surface area contributed by atoms with Crippen LogP contribution >= 0.6 is 0 Å². The van der Waals surface area contributed by atoms with Crippen LogP contribution in [0.2, 0.25) is 0 Å². The van der Waals surface area contributed by atoms with E-state index in [0.29, 0.717) is 0 Å². The lowest BCUT2D eigenvalue weighted by atomic mass is 10.2. The Morgan fingerprint density at radius 3 is 2.00 bits per heavy atom. The van der Waals surface area contributed by atoms with Gasteiger partial charge >= 0.3 is 0 Å². The van der Waals surface area contributed by atoms with Gasteiger partial charge in [0.1, 0.15) is 0 Å². The molecule has 2 aliphatic rings. The van der Waals surface area contributed by atoms with Gasteiger partial charge < -0.3 is 4.74 Å². The summed E-state index contributed by atoms with van der Waals surface area (Å²) in [6, 6.07) is 0. The second-order valence-electron chi connectivity index (χ2n) is 2.47. The predicted molar refractivity (Wildman–Crippen MR) is 29.3 cm³/mol. The van der Waals surface area contributed by atoms with Crippen LogP contribution in [-0.4, -0.2) is 12.6 Å². The highest BCUT2D eigenvalue weighted by Crippen LogP contribution is 2.26. The summed E-state index contributed by atoms with van der Waals surface area (Å²) < 4.78 is 5.28. The fourth-order valence-corrected chi connectivity index (χ4v) is 1.19. The second kappa shape index (κ2) is 2.25. The van der Waals surface area contributed by atoms with Crippen LogP contribution in [0.4, 0.5) is 0 Å². The van der Waals surface area contributed by atoms with Crippen LogP contribution in [-0.2, 0) is 14.5 Å². The van der Waals surface area contributed by atoms with Crippen LogP contribution < -0.4 is 0 Å². The van der Waals surface area contributed by atoms with Crippen LogP contribution in [0.1, 0.15) is 25.7 Å². The van der Waals surface area contributed by atoms with E-state index < -0.39 is 0 Å². The van der Waals surface area contributed by atoms with Crippen molar-refractivity contribution in [2.75, 3.05) is 0 Å². The molecule has 52 valence electrons.